The first-order valence-electron chi connectivity index (χ1n) is 10.7. The predicted octanol–water partition coefficient (Wildman–Crippen LogP) is 1.56. The Balaban J connectivity index is 1.79. The molecule has 3 heterocycles. The topological polar surface area (TPSA) is 149 Å². The highest BCUT2D eigenvalue weighted by molar-refractivity contribution is 6.30. The number of imide groups is 3. The van der Waals surface area contributed by atoms with Crippen molar-refractivity contribution < 1.29 is 38.7 Å². The summed E-state index contributed by atoms with van der Waals surface area (Å²) in [7, 11) is 0. The largest absolute Gasteiger partial charge is 0.478 e. The van der Waals surface area contributed by atoms with E-state index in [1.807, 2.05) is 0 Å². The Hall–Kier alpha value is -5.19. The van der Waals surface area contributed by atoms with E-state index in [0.29, 0.717) is 0 Å². The third kappa shape index (κ3) is 3.50. The van der Waals surface area contributed by atoms with Gasteiger partial charge in [0.15, 0.2) is 0 Å². The molecule has 2 aromatic rings. The molecule has 178 valence electrons. The summed E-state index contributed by atoms with van der Waals surface area (Å²) in [6.07, 6.45) is 4.07. The molecule has 11 nitrogen and oxygen atoms in total. The third-order valence-electron chi connectivity index (χ3n) is 5.89. The number of amides is 6. The lowest BCUT2D eigenvalue weighted by Crippen LogP contribution is -2.32. The van der Waals surface area contributed by atoms with Crippen molar-refractivity contribution in [3.05, 3.63) is 66.3 Å². The van der Waals surface area contributed by atoms with Gasteiger partial charge in [-0.1, -0.05) is 6.07 Å². The minimum absolute atomic E-state index is 0.0140. The van der Waals surface area contributed by atoms with Gasteiger partial charge in [-0.2, -0.15) is 0 Å². The molecule has 0 aliphatic carbocycles. The van der Waals surface area contributed by atoms with Crippen LogP contribution in [0.5, 0.6) is 0 Å². The van der Waals surface area contributed by atoms with E-state index in [0.717, 1.165) is 39.0 Å². The number of carboxylic acid groups (broad SMARTS) is 1. The van der Waals surface area contributed by atoms with Gasteiger partial charge in [0, 0.05) is 42.7 Å². The molecule has 11 heteroatoms. The van der Waals surface area contributed by atoms with Crippen LogP contribution >= 0.6 is 0 Å². The number of nitrogens with zero attached hydrogens (tertiary/aromatic N) is 3. The van der Waals surface area contributed by atoms with Gasteiger partial charge in [0.1, 0.15) is 0 Å². The Kier molecular flexibility index (Phi) is 5.17. The maximum absolute atomic E-state index is 12.5. The number of hydrogen-bond donors (Lipinski definition) is 1. The molecule has 1 fully saturated rings. The van der Waals surface area contributed by atoms with Crippen LogP contribution in [0.25, 0.3) is 11.1 Å². The summed E-state index contributed by atoms with van der Waals surface area (Å²) in [5.41, 5.74) is -0.378. The van der Waals surface area contributed by atoms with Crippen molar-refractivity contribution in [2.45, 2.75) is 12.8 Å². The average Bonchev–Trinajstić information content (AvgIpc) is 3.48. The van der Waals surface area contributed by atoms with Gasteiger partial charge in [-0.25, -0.2) is 19.5 Å². The highest BCUT2D eigenvalue weighted by atomic mass is 16.4. The van der Waals surface area contributed by atoms with Crippen molar-refractivity contribution in [1.82, 2.24) is 0 Å². The van der Waals surface area contributed by atoms with Crippen LogP contribution < -0.4 is 14.7 Å². The molecule has 0 atom stereocenters. The van der Waals surface area contributed by atoms with Gasteiger partial charge in [-0.3, -0.25) is 28.8 Å². The van der Waals surface area contributed by atoms with Crippen LogP contribution in [-0.4, -0.2) is 46.5 Å². The van der Waals surface area contributed by atoms with E-state index < -0.39 is 41.4 Å². The number of hydrogen-bond acceptors (Lipinski definition) is 7. The Morgan fingerprint density at radius 2 is 1.14 bits per heavy atom. The van der Waals surface area contributed by atoms with Crippen LogP contribution in [-0.2, 0) is 28.8 Å². The molecule has 0 spiro atoms. The summed E-state index contributed by atoms with van der Waals surface area (Å²) >= 11 is 0. The molecular formula is C25H15N3O8. The highest BCUT2D eigenvalue weighted by Crippen LogP contribution is 2.41. The van der Waals surface area contributed by atoms with Crippen LogP contribution in [0.4, 0.5) is 17.1 Å². The van der Waals surface area contributed by atoms with Crippen molar-refractivity contribution in [3.63, 3.8) is 0 Å². The highest BCUT2D eigenvalue weighted by Gasteiger charge is 2.35. The summed E-state index contributed by atoms with van der Waals surface area (Å²) in [5.74, 6) is -5.16. The smallest absolute Gasteiger partial charge is 0.336 e. The van der Waals surface area contributed by atoms with E-state index >= 15 is 0 Å². The number of carbonyl (C=O) groups excluding carboxylic acids is 6. The van der Waals surface area contributed by atoms with Gasteiger partial charge in [-0.05, 0) is 35.9 Å². The monoisotopic (exact) mass is 485 g/mol. The molecule has 3 aliphatic heterocycles. The van der Waals surface area contributed by atoms with E-state index in [1.165, 1.54) is 36.4 Å². The van der Waals surface area contributed by atoms with Gasteiger partial charge >= 0.3 is 5.97 Å². The van der Waals surface area contributed by atoms with Gasteiger partial charge < -0.3 is 5.11 Å². The van der Waals surface area contributed by atoms with Crippen LogP contribution in [0.15, 0.2) is 60.7 Å². The number of carbonyl (C=O) groups is 7. The lowest BCUT2D eigenvalue weighted by atomic mass is 9.95. The quantitative estimate of drug-likeness (QED) is 0.627. The summed E-state index contributed by atoms with van der Waals surface area (Å²) in [4.78, 5) is 89.3. The Morgan fingerprint density at radius 3 is 1.58 bits per heavy atom. The Bertz CT molecular complexity index is 1390. The minimum Gasteiger partial charge on any atom is -0.478 e. The molecule has 5 rings (SSSR count). The lowest BCUT2D eigenvalue weighted by molar-refractivity contribution is -0.122. The van der Waals surface area contributed by atoms with Gasteiger partial charge in [-0.15, -0.1) is 0 Å². The molecule has 3 aliphatic rings. The van der Waals surface area contributed by atoms with Crippen LogP contribution in [0.1, 0.15) is 23.2 Å². The van der Waals surface area contributed by atoms with E-state index in [-0.39, 0.29) is 46.6 Å². The summed E-state index contributed by atoms with van der Waals surface area (Å²) in [6.45, 7) is 0. The first kappa shape index (κ1) is 22.6. The summed E-state index contributed by atoms with van der Waals surface area (Å²) < 4.78 is 0. The first-order valence-corrected chi connectivity index (χ1v) is 10.7. The molecule has 0 saturated carbocycles. The average molecular weight is 485 g/mol. The number of aromatic carboxylic acids is 1. The molecule has 1 saturated heterocycles. The van der Waals surface area contributed by atoms with Gasteiger partial charge in [0.05, 0.1) is 22.6 Å². The third-order valence-corrected chi connectivity index (χ3v) is 5.89. The number of benzene rings is 2. The molecule has 2 aromatic carbocycles. The molecule has 6 amide bonds. The number of anilines is 3. The molecule has 36 heavy (non-hydrogen) atoms. The van der Waals surface area contributed by atoms with Gasteiger partial charge in [0.25, 0.3) is 23.6 Å². The minimum atomic E-state index is -1.37. The predicted molar refractivity (Wildman–Crippen MR) is 124 cm³/mol. The van der Waals surface area contributed by atoms with Crippen molar-refractivity contribution in [3.8, 4) is 11.1 Å². The van der Waals surface area contributed by atoms with E-state index in [9.17, 15) is 38.7 Å². The molecule has 0 radical (unpaired) electrons. The summed E-state index contributed by atoms with van der Waals surface area (Å²) in [5, 5.41) is 9.91. The molecule has 0 unspecified atom stereocenters. The normalized spacial score (nSPS) is 17.4. The maximum Gasteiger partial charge on any atom is 0.336 e. The van der Waals surface area contributed by atoms with Crippen LogP contribution in [0, 0.1) is 0 Å². The number of rotatable bonds is 5. The van der Waals surface area contributed by atoms with Crippen molar-refractivity contribution >= 4 is 58.5 Å². The van der Waals surface area contributed by atoms with Crippen molar-refractivity contribution in [2.75, 3.05) is 14.7 Å². The molecule has 0 aromatic heterocycles. The summed E-state index contributed by atoms with van der Waals surface area (Å²) in [6, 6.07) is 7.95. The Labute approximate surface area is 202 Å². The second-order valence-electron chi connectivity index (χ2n) is 8.06. The van der Waals surface area contributed by atoms with E-state index in [4.69, 9.17) is 0 Å². The zero-order valence-electron chi connectivity index (χ0n) is 18.3. The maximum atomic E-state index is 12.5. The zero-order valence-corrected chi connectivity index (χ0v) is 18.3. The standard InChI is InChI=1S/C25H15N3O8/c29-18-4-5-19(30)26(18)14-10-13(11-15(12-14)27-20(31)6-7-21(27)32)24-16(25(35)36)2-1-3-17(24)28-22(33)8-9-23(28)34/h1-7,10-12H,8-9H2,(H,35,36). The second-order valence-corrected chi connectivity index (χ2v) is 8.06. The molecule has 0 bridgehead atoms. The number of carboxylic acids is 1. The van der Waals surface area contributed by atoms with Gasteiger partial charge in [0.2, 0.25) is 11.8 Å². The fourth-order valence-electron chi connectivity index (χ4n) is 4.36. The lowest BCUT2D eigenvalue weighted by Gasteiger charge is -2.24. The van der Waals surface area contributed by atoms with E-state index in [2.05, 4.69) is 0 Å². The van der Waals surface area contributed by atoms with E-state index in [1.54, 1.807) is 0 Å². The van der Waals surface area contributed by atoms with Crippen LogP contribution in [0.2, 0.25) is 0 Å². The first-order chi connectivity index (χ1) is 17.2. The molecule has 1 N–H and O–H groups in total. The van der Waals surface area contributed by atoms with Crippen LogP contribution in [0.3, 0.4) is 0 Å². The molecular weight excluding hydrogens is 470 g/mol. The second kappa shape index (κ2) is 8.24. The zero-order chi connectivity index (χ0) is 25.7. The Morgan fingerprint density at radius 1 is 0.667 bits per heavy atom. The fourth-order valence-corrected chi connectivity index (χ4v) is 4.36. The van der Waals surface area contributed by atoms with Crippen molar-refractivity contribution in [2.24, 2.45) is 0 Å². The SMILES string of the molecule is O=C(O)c1cccc(N2C(=O)CCC2=O)c1-c1cc(N2C(=O)C=CC2=O)cc(N2C(=O)C=CC2=O)c1. The fraction of sp³-hybridized carbons (Fsp3) is 0.0800. The van der Waals surface area contributed by atoms with Crippen molar-refractivity contribution in [1.29, 1.82) is 0 Å².